The number of phenols is 1. The van der Waals surface area contributed by atoms with Gasteiger partial charge in [0.2, 0.25) is 0 Å². The van der Waals surface area contributed by atoms with Gasteiger partial charge >= 0.3 is 5.63 Å². The zero-order chi connectivity index (χ0) is 18.5. The Labute approximate surface area is 155 Å². The van der Waals surface area contributed by atoms with Gasteiger partial charge in [0.1, 0.15) is 22.3 Å². The fourth-order valence-corrected chi connectivity index (χ4v) is 4.13. The molecule has 0 saturated carbocycles. The molecule has 1 aliphatic rings. The average Bonchev–Trinajstić information content (AvgIpc) is 3.06. The molecule has 4 aromatic rings. The van der Waals surface area contributed by atoms with E-state index >= 15 is 0 Å². The van der Waals surface area contributed by atoms with E-state index in [1.807, 2.05) is 18.2 Å². The highest BCUT2D eigenvalue weighted by Crippen LogP contribution is 2.37. The van der Waals surface area contributed by atoms with Gasteiger partial charge in [-0.25, -0.2) is 4.79 Å². The number of hydrogen-bond donors (Lipinski definition) is 1. The predicted octanol–water partition coefficient (Wildman–Crippen LogP) is 4.63. The summed E-state index contributed by atoms with van der Waals surface area (Å²) in [6.45, 7) is 4.85. The molecule has 3 heterocycles. The molecule has 5 rings (SSSR count). The van der Waals surface area contributed by atoms with Crippen molar-refractivity contribution < 1.29 is 13.9 Å². The molecule has 0 amide bonds. The standard InChI is InChI=1S/C22H21NO4/c1-13-8-10-23(11-9-13)12-15-16(24)6-7-18-19(15)20-21(26-18)14-4-2-3-5-17(14)27-22(20)25/h2-7,13,24H,8-12H2,1H3. The Hall–Kier alpha value is -2.79. The van der Waals surface area contributed by atoms with Gasteiger partial charge in [-0.1, -0.05) is 19.1 Å². The summed E-state index contributed by atoms with van der Waals surface area (Å²) in [5.74, 6) is 0.926. The number of furan rings is 1. The minimum absolute atomic E-state index is 0.191. The topological polar surface area (TPSA) is 66.8 Å². The van der Waals surface area contributed by atoms with Crippen LogP contribution in [0.15, 0.2) is 50.0 Å². The molecule has 2 aromatic heterocycles. The number of aromatic hydroxyl groups is 1. The first-order chi connectivity index (χ1) is 13.1. The highest BCUT2D eigenvalue weighted by atomic mass is 16.4. The van der Waals surface area contributed by atoms with Gasteiger partial charge < -0.3 is 13.9 Å². The van der Waals surface area contributed by atoms with E-state index in [-0.39, 0.29) is 5.75 Å². The van der Waals surface area contributed by atoms with Crippen molar-refractivity contribution in [3.8, 4) is 5.75 Å². The average molecular weight is 363 g/mol. The summed E-state index contributed by atoms with van der Waals surface area (Å²) in [6, 6.07) is 10.7. The van der Waals surface area contributed by atoms with E-state index in [1.54, 1.807) is 18.2 Å². The van der Waals surface area contributed by atoms with E-state index < -0.39 is 5.63 Å². The third-order valence-corrected chi connectivity index (χ3v) is 5.74. The number of piperidine rings is 1. The lowest BCUT2D eigenvalue weighted by molar-refractivity contribution is 0.184. The van der Waals surface area contributed by atoms with Gasteiger partial charge in [-0.15, -0.1) is 0 Å². The Morgan fingerprint density at radius 1 is 1.04 bits per heavy atom. The Balaban J connectivity index is 1.75. The van der Waals surface area contributed by atoms with Crippen LogP contribution >= 0.6 is 0 Å². The van der Waals surface area contributed by atoms with E-state index in [9.17, 15) is 9.90 Å². The van der Waals surface area contributed by atoms with E-state index in [0.29, 0.717) is 34.1 Å². The maximum absolute atomic E-state index is 12.7. The zero-order valence-electron chi connectivity index (χ0n) is 15.2. The van der Waals surface area contributed by atoms with Crippen molar-refractivity contribution in [2.75, 3.05) is 13.1 Å². The van der Waals surface area contributed by atoms with Gasteiger partial charge in [0.05, 0.1) is 5.39 Å². The van der Waals surface area contributed by atoms with Crippen molar-refractivity contribution in [3.63, 3.8) is 0 Å². The van der Waals surface area contributed by atoms with Crippen LogP contribution in [0.2, 0.25) is 0 Å². The first-order valence-electron chi connectivity index (χ1n) is 9.43. The summed E-state index contributed by atoms with van der Waals surface area (Å²) in [5, 5.41) is 12.4. The number of hydrogen-bond acceptors (Lipinski definition) is 5. The maximum atomic E-state index is 12.7. The van der Waals surface area contributed by atoms with Crippen molar-refractivity contribution >= 4 is 32.9 Å². The molecule has 1 aliphatic heterocycles. The molecule has 0 unspecified atom stereocenters. The molecule has 0 aliphatic carbocycles. The van der Waals surface area contributed by atoms with Crippen LogP contribution in [0.3, 0.4) is 0 Å². The molecule has 0 atom stereocenters. The summed E-state index contributed by atoms with van der Waals surface area (Å²) >= 11 is 0. The van der Waals surface area contributed by atoms with E-state index in [0.717, 1.165) is 42.8 Å². The molecule has 0 radical (unpaired) electrons. The second-order valence-electron chi connectivity index (χ2n) is 7.59. The number of para-hydroxylation sites is 1. The third kappa shape index (κ3) is 2.61. The number of nitrogens with zero attached hydrogens (tertiary/aromatic N) is 1. The van der Waals surface area contributed by atoms with Crippen LogP contribution < -0.4 is 5.63 Å². The molecule has 1 N–H and O–H groups in total. The largest absolute Gasteiger partial charge is 0.508 e. The summed E-state index contributed by atoms with van der Waals surface area (Å²) in [7, 11) is 0. The predicted molar refractivity (Wildman–Crippen MR) is 105 cm³/mol. The number of rotatable bonds is 2. The van der Waals surface area contributed by atoms with Crippen LogP contribution in [0, 0.1) is 5.92 Å². The quantitative estimate of drug-likeness (QED) is 0.526. The van der Waals surface area contributed by atoms with E-state index in [2.05, 4.69) is 11.8 Å². The summed E-state index contributed by atoms with van der Waals surface area (Å²) in [6.07, 6.45) is 2.30. The molecule has 2 aromatic carbocycles. The second kappa shape index (κ2) is 6.13. The van der Waals surface area contributed by atoms with Gasteiger partial charge in [0.25, 0.3) is 0 Å². The van der Waals surface area contributed by atoms with Crippen molar-refractivity contribution in [1.29, 1.82) is 0 Å². The first kappa shape index (κ1) is 16.4. The lowest BCUT2D eigenvalue weighted by Crippen LogP contribution is -2.32. The zero-order valence-corrected chi connectivity index (χ0v) is 15.2. The van der Waals surface area contributed by atoms with Crippen LogP contribution in [-0.4, -0.2) is 23.1 Å². The van der Waals surface area contributed by atoms with Gasteiger partial charge in [-0.2, -0.15) is 0 Å². The van der Waals surface area contributed by atoms with E-state index in [4.69, 9.17) is 8.83 Å². The summed E-state index contributed by atoms with van der Waals surface area (Å²) < 4.78 is 11.6. The van der Waals surface area contributed by atoms with Crippen molar-refractivity contribution in [2.24, 2.45) is 5.92 Å². The molecular weight excluding hydrogens is 342 g/mol. The van der Waals surface area contributed by atoms with Crippen LogP contribution in [0.1, 0.15) is 25.3 Å². The highest BCUT2D eigenvalue weighted by Gasteiger charge is 2.23. The summed E-state index contributed by atoms with van der Waals surface area (Å²) in [4.78, 5) is 15.1. The minimum atomic E-state index is -0.429. The monoisotopic (exact) mass is 363 g/mol. The first-order valence-corrected chi connectivity index (χ1v) is 9.43. The Morgan fingerprint density at radius 2 is 1.81 bits per heavy atom. The van der Waals surface area contributed by atoms with Crippen LogP contribution in [0.5, 0.6) is 5.75 Å². The lowest BCUT2D eigenvalue weighted by atomic mass is 9.98. The molecule has 0 spiro atoms. The van der Waals surface area contributed by atoms with Gasteiger partial charge in [-0.3, -0.25) is 4.90 Å². The van der Waals surface area contributed by atoms with Crippen LogP contribution in [-0.2, 0) is 6.54 Å². The molecule has 5 heteroatoms. The van der Waals surface area contributed by atoms with Crippen LogP contribution in [0.4, 0.5) is 0 Å². The van der Waals surface area contributed by atoms with Gasteiger partial charge in [-0.05, 0) is 56.1 Å². The Bertz CT molecular complexity index is 1210. The van der Waals surface area contributed by atoms with Gasteiger partial charge in [0, 0.05) is 17.5 Å². The Kier molecular flexibility index (Phi) is 3.72. The maximum Gasteiger partial charge on any atom is 0.348 e. The van der Waals surface area contributed by atoms with Crippen LogP contribution in [0.25, 0.3) is 32.9 Å². The SMILES string of the molecule is CC1CCN(Cc2c(O)ccc3oc4c5ccccc5oc(=O)c4c23)CC1. The smallest absolute Gasteiger partial charge is 0.348 e. The molecule has 5 nitrogen and oxygen atoms in total. The number of phenolic OH excluding ortho intramolecular Hbond substituents is 1. The number of fused-ring (bicyclic) bond motifs is 5. The van der Waals surface area contributed by atoms with Gasteiger partial charge in [0.15, 0.2) is 5.58 Å². The molecule has 27 heavy (non-hydrogen) atoms. The molecule has 0 bridgehead atoms. The fraction of sp³-hybridized carbons (Fsp3) is 0.318. The normalized spacial score (nSPS) is 16.6. The minimum Gasteiger partial charge on any atom is -0.508 e. The number of benzene rings is 2. The van der Waals surface area contributed by atoms with Crippen molar-refractivity contribution in [1.82, 2.24) is 4.90 Å². The molecule has 1 fully saturated rings. The molecule has 1 saturated heterocycles. The molecular formula is C22H21NO4. The third-order valence-electron chi connectivity index (χ3n) is 5.74. The highest BCUT2D eigenvalue weighted by molar-refractivity contribution is 6.14. The lowest BCUT2D eigenvalue weighted by Gasteiger charge is -2.30. The summed E-state index contributed by atoms with van der Waals surface area (Å²) in [5.41, 5.74) is 1.94. The number of likely N-dealkylation sites (tertiary alicyclic amines) is 1. The second-order valence-corrected chi connectivity index (χ2v) is 7.59. The Morgan fingerprint density at radius 3 is 2.63 bits per heavy atom. The van der Waals surface area contributed by atoms with E-state index in [1.165, 1.54) is 0 Å². The van der Waals surface area contributed by atoms with Crippen molar-refractivity contribution in [2.45, 2.75) is 26.3 Å². The molecule has 138 valence electrons. The fourth-order valence-electron chi connectivity index (χ4n) is 4.13. The van der Waals surface area contributed by atoms with Crippen molar-refractivity contribution in [3.05, 3.63) is 52.4 Å².